The lowest BCUT2D eigenvalue weighted by molar-refractivity contribution is 0.521. The quantitative estimate of drug-likeness (QED) is 0.854. The lowest BCUT2D eigenvalue weighted by atomic mass is 9.93. The smallest absolute Gasteiger partial charge is 0.0897 e. The van der Waals surface area contributed by atoms with Crippen LogP contribution < -0.4 is 5.32 Å². The largest absolute Gasteiger partial charge is 0.310 e. The summed E-state index contributed by atoms with van der Waals surface area (Å²) in [6.45, 7) is 9.73. The molecule has 0 bridgehead atoms. The van der Waals surface area contributed by atoms with Gasteiger partial charge in [0.15, 0.2) is 0 Å². The van der Waals surface area contributed by atoms with Crippen molar-refractivity contribution >= 4 is 11.3 Å². The van der Waals surface area contributed by atoms with E-state index < -0.39 is 0 Å². The maximum atomic E-state index is 4.62. The molecule has 108 valence electrons. The molecule has 1 aromatic carbocycles. The van der Waals surface area contributed by atoms with Gasteiger partial charge in [0.1, 0.15) is 0 Å². The van der Waals surface area contributed by atoms with Crippen LogP contribution in [0.15, 0.2) is 23.6 Å². The number of aryl methyl sites for hydroxylation is 3. The number of nitrogens with one attached hydrogen (secondary N) is 1. The third kappa shape index (κ3) is 3.68. The molecule has 2 nitrogen and oxygen atoms in total. The van der Waals surface area contributed by atoms with Gasteiger partial charge in [-0.3, -0.25) is 0 Å². The molecular formula is C17H24N2S. The molecule has 0 saturated heterocycles. The van der Waals surface area contributed by atoms with Gasteiger partial charge in [-0.15, -0.1) is 11.3 Å². The second-order valence-electron chi connectivity index (χ2n) is 5.37. The van der Waals surface area contributed by atoms with Gasteiger partial charge in [0, 0.05) is 17.8 Å². The highest BCUT2D eigenvalue weighted by Gasteiger charge is 2.17. The zero-order valence-corrected chi connectivity index (χ0v) is 13.7. The highest BCUT2D eigenvalue weighted by atomic mass is 32.1. The summed E-state index contributed by atoms with van der Waals surface area (Å²) >= 11 is 1.73. The van der Waals surface area contributed by atoms with Crippen molar-refractivity contribution in [3.63, 3.8) is 0 Å². The van der Waals surface area contributed by atoms with E-state index in [9.17, 15) is 0 Å². The average Bonchev–Trinajstić information content (AvgIpc) is 2.81. The number of thiazole rings is 1. The number of rotatable bonds is 6. The summed E-state index contributed by atoms with van der Waals surface area (Å²) < 4.78 is 0. The molecule has 0 saturated carbocycles. The number of hydrogen-bond donors (Lipinski definition) is 1. The molecule has 0 amide bonds. The first-order valence-electron chi connectivity index (χ1n) is 7.32. The van der Waals surface area contributed by atoms with Crippen molar-refractivity contribution in [3.05, 3.63) is 51.0 Å². The van der Waals surface area contributed by atoms with Gasteiger partial charge >= 0.3 is 0 Å². The number of hydrogen-bond acceptors (Lipinski definition) is 3. The number of benzene rings is 1. The Balaban J connectivity index is 2.27. The Bertz CT molecular complexity index is 540. The van der Waals surface area contributed by atoms with Crippen LogP contribution in [0.5, 0.6) is 0 Å². The van der Waals surface area contributed by atoms with Crippen molar-refractivity contribution in [2.24, 2.45) is 0 Å². The molecule has 1 heterocycles. The molecule has 0 aliphatic rings. The molecule has 1 N–H and O–H groups in total. The van der Waals surface area contributed by atoms with Gasteiger partial charge in [0.25, 0.3) is 0 Å². The molecule has 0 radical (unpaired) electrons. The Morgan fingerprint density at radius 3 is 2.45 bits per heavy atom. The third-order valence-corrected chi connectivity index (χ3v) is 4.43. The van der Waals surface area contributed by atoms with Gasteiger partial charge in [0.05, 0.1) is 10.7 Å². The summed E-state index contributed by atoms with van der Waals surface area (Å²) in [6, 6.07) is 6.90. The molecule has 20 heavy (non-hydrogen) atoms. The van der Waals surface area contributed by atoms with E-state index in [0.29, 0.717) is 6.04 Å². The Morgan fingerprint density at radius 1 is 1.20 bits per heavy atom. The number of aromatic nitrogens is 1. The molecule has 1 unspecified atom stereocenters. The van der Waals surface area contributed by atoms with Gasteiger partial charge < -0.3 is 5.32 Å². The van der Waals surface area contributed by atoms with Crippen molar-refractivity contribution < 1.29 is 0 Å². The second-order valence-corrected chi connectivity index (χ2v) is 6.44. The summed E-state index contributed by atoms with van der Waals surface area (Å²) in [5.41, 5.74) is 5.37. The van der Waals surface area contributed by atoms with Crippen LogP contribution in [0.3, 0.4) is 0 Å². The monoisotopic (exact) mass is 288 g/mol. The van der Waals surface area contributed by atoms with Crippen LogP contribution in [0.25, 0.3) is 0 Å². The summed E-state index contributed by atoms with van der Waals surface area (Å²) in [5, 5.41) is 7.02. The van der Waals surface area contributed by atoms with Crippen LogP contribution in [-0.4, -0.2) is 11.5 Å². The van der Waals surface area contributed by atoms with Gasteiger partial charge in [-0.1, -0.05) is 25.1 Å². The van der Waals surface area contributed by atoms with Crippen LogP contribution in [0.1, 0.15) is 46.8 Å². The van der Waals surface area contributed by atoms with E-state index in [4.69, 9.17) is 0 Å². The van der Waals surface area contributed by atoms with Crippen molar-refractivity contribution in [2.45, 2.75) is 46.6 Å². The van der Waals surface area contributed by atoms with Crippen LogP contribution in [0, 0.1) is 20.8 Å². The minimum absolute atomic E-state index is 0.359. The van der Waals surface area contributed by atoms with Crippen molar-refractivity contribution in [1.29, 1.82) is 0 Å². The van der Waals surface area contributed by atoms with Gasteiger partial charge in [-0.2, -0.15) is 0 Å². The Kier molecular flexibility index (Phi) is 5.32. The third-order valence-electron chi connectivity index (χ3n) is 3.61. The lowest BCUT2D eigenvalue weighted by Crippen LogP contribution is -2.25. The number of nitrogens with zero attached hydrogens (tertiary/aromatic N) is 1. The summed E-state index contributed by atoms with van der Waals surface area (Å²) in [7, 11) is 0. The standard InChI is InChI=1S/C17H24N2S/c1-5-9-18-16(10-15-11-20-14(4)19-15)17-12(2)7-6-8-13(17)3/h6-8,11,16,18H,5,9-10H2,1-4H3. The van der Waals surface area contributed by atoms with Crippen molar-refractivity contribution in [2.75, 3.05) is 6.54 Å². The fourth-order valence-electron chi connectivity index (χ4n) is 2.68. The fourth-order valence-corrected chi connectivity index (χ4v) is 3.31. The predicted molar refractivity (Wildman–Crippen MR) is 87.5 cm³/mol. The first-order valence-corrected chi connectivity index (χ1v) is 8.20. The Hall–Kier alpha value is -1.19. The molecular weight excluding hydrogens is 264 g/mol. The highest BCUT2D eigenvalue weighted by Crippen LogP contribution is 2.25. The van der Waals surface area contributed by atoms with Crippen LogP contribution in [0.4, 0.5) is 0 Å². The first kappa shape index (κ1) is 15.2. The summed E-state index contributed by atoms with van der Waals surface area (Å²) in [6.07, 6.45) is 2.12. The van der Waals surface area contributed by atoms with Crippen LogP contribution in [0.2, 0.25) is 0 Å². The van der Waals surface area contributed by atoms with E-state index in [-0.39, 0.29) is 0 Å². The van der Waals surface area contributed by atoms with E-state index in [1.165, 1.54) is 22.4 Å². The van der Waals surface area contributed by atoms with E-state index in [2.05, 4.69) is 61.6 Å². The normalized spacial score (nSPS) is 12.6. The zero-order chi connectivity index (χ0) is 14.5. The molecule has 0 spiro atoms. The van der Waals surface area contributed by atoms with Gasteiger partial charge in [-0.05, 0) is 50.4 Å². The molecule has 1 aromatic heterocycles. The maximum Gasteiger partial charge on any atom is 0.0897 e. The zero-order valence-electron chi connectivity index (χ0n) is 12.9. The first-order chi connectivity index (χ1) is 9.61. The van der Waals surface area contributed by atoms with E-state index in [1.807, 2.05) is 0 Å². The molecule has 0 fully saturated rings. The fraction of sp³-hybridized carbons (Fsp3) is 0.471. The van der Waals surface area contributed by atoms with Crippen molar-refractivity contribution in [1.82, 2.24) is 10.3 Å². The van der Waals surface area contributed by atoms with Crippen LogP contribution >= 0.6 is 11.3 Å². The highest BCUT2D eigenvalue weighted by molar-refractivity contribution is 7.09. The lowest BCUT2D eigenvalue weighted by Gasteiger charge is -2.22. The van der Waals surface area contributed by atoms with Gasteiger partial charge in [0.2, 0.25) is 0 Å². The molecule has 3 heteroatoms. The van der Waals surface area contributed by atoms with E-state index in [0.717, 1.165) is 24.4 Å². The SMILES string of the molecule is CCCNC(Cc1csc(C)n1)c1c(C)cccc1C. The minimum atomic E-state index is 0.359. The second kappa shape index (κ2) is 7.00. The van der Waals surface area contributed by atoms with E-state index >= 15 is 0 Å². The van der Waals surface area contributed by atoms with Crippen LogP contribution in [-0.2, 0) is 6.42 Å². The topological polar surface area (TPSA) is 24.9 Å². The maximum absolute atomic E-state index is 4.62. The summed E-state index contributed by atoms with van der Waals surface area (Å²) in [4.78, 5) is 4.62. The molecule has 1 atom stereocenters. The summed E-state index contributed by atoms with van der Waals surface area (Å²) in [5.74, 6) is 0. The van der Waals surface area contributed by atoms with Crippen molar-refractivity contribution in [3.8, 4) is 0 Å². The van der Waals surface area contributed by atoms with E-state index in [1.54, 1.807) is 11.3 Å². The molecule has 2 aromatic rings. The van der Waals surface area contributed by atoms with Gasteiger partial charge in [-0.25, -0.2) is 4.98 Å². The average molecular weight is 288 g/mol. The Morgan fingerprint density at radius 2 is 1.90 bits per heavy atom. The molecule has 0 aliphatic heterocycles. The minimum Gasteiger partial charge on any atom is -0.310 e. The molecule has 2 rings (SSSR count). The molecule has 0 aliphatic carbocycles. The predicted octanol–water partition coefficient (Wildman–Crippen LogP) is 4.35. The Labute approximate surface area is 126 Å².